The van der Waals surface area contributed by atoms with Gasteiger partial charge in [-0.05, 0) is 17.4 Å². The van der Waals surface area contributed by atoms with Gasteiger partial charge >= 0.3 is 0 Å². The van der Waals surface area contributed by atoms with Crippen LogP contribution in [-0.4, -0.2) is 40.0 Å². The molecule has 0 aliphatic rings. The van der Waals surface area contributed by atoms with E-state index in [4.69, 9.17) is 5.73 Å². The lowest BCUT2D eigenvalue weighted by Gasteiger charge is -2.19. The summed E-state index contributed by atoms with van der Waals surface area (Å²) in [4.78, 5) is 12.6. The Balaban J connectivity index is 1.44. The zero-order chi connectivity index (χ0) is 22.7. The number of imidazole rings is 1. The number of nitrogens with two attached hydrogens (primary N) is 1. The Hall–Kier alpha value is -3.20. The fourth-order valence-corrected chi connectivity index (χ4v) is 4.35. The smallest absolute Gasteiger partial charge is 0.191 e. The molecule has 0 amide bonds. The fraction of sp³-hybridized carbons (Fsp3) is 0.348. The van der Waals surface area contributed by atoms with Crippen LogP contribution in [0, 0.1) is 0 Å². The van der Waals surface area contributed by atoms with Crippen LogP contribution in [-0.2, 0) is 18.5 Å². The molecule has 3 heterocycles. The first-order valence-corrected chi connectivity index (χ1v) is 11.6. The van der Waals surface area contributed by atoms with Gasteiger partial charge in [-0.25, -0.2) is 15.0 Å². The second-order valence-electron chi connectivity index (χ2n) is 8.60. The summed E-state index contributed by atoms with van der Waals surface area (Å²) < 4.78 is 4.12. The molecule has 4 aromatic rings. The molecular formula is C23H28N8S. The average molecular weight is 449 g/mol. The number of anilines is 1. The molecule has 3 aromatic heterocycles. The summed E-state index contributed by atoms with van der Waals surface area (Å²) in [6.07, 6.45) is 6.04. The van der Waals surface area contributed by atoms with Crippen molar-refractivity contribution in [3.63, 3.8) is 0 Å². The summed E-state index contributed by atoms with van der Waals surface area (Å²) >= 11 is 1.69. The maximum atomic E-state index is 5.87. The van der Waals surface area contributed by atoms with Crippen LogP contribution in [0.25, 0.3) is 22.6 Å². The summed E-state index contributed by atoms with van der Waals surface area (Å²) in [7, 11) is 0. The summed E-state index contributed by atoms with van der Waals surface area (Å²) in [6, 6.07) is 8.58. The van der Waals surface area contributed by atoms with Gasteiger partial charge in [0.05, 0.1) is 6.33 Å². The van der Waals surface area contributed by atoms with Crippen molar-refractivity contribution < 1.29 is 0 Å². The van der Waals surface area contributed by atoms with Crippen molar-refractivity contribution >= 4 is 28.7 Å². The number of nitrogen functional groups attached to an aromatic ring is 1. The molecule has 0 saturated carbocycles. The standard InChI is InChI=1S/C23H28N8S/c1-5-11-31-20(16-7-9-17(10-8-16)23(2,3)4)28-29-22(31)32-13-6-12-30-15-27-18-19(24)25-14-26-21(18)30/h5,7-10,14-15H,1,6,11-13H2,2-4H3,(H2,24,25,26). The molecule has 8 nitrogen and oxygen atoms in total. The van der Waals surface area contributed by atoms with Crippen LogP contribution in [0.5, 0.6) is 0 Å². The number of rotatable bonds is 8. The van der Waals surface area contributed by atoms with E-state index in [0.717, 1.165) is 40.9 Å². The Labute approximate surface area is 192 Å². The predicted octanol–water partition coefficient (Wildman–Crippen LogP) is 4.33. The summed E-state index contributed by atoms with van der Waals surface area (Å²) in [6.45, 7) is 12.0. The van der Waals surface area contributed by atoms with Crippen LogP contribution in [0.3, 0.4) is 0 Å². The van der Waals surface area contributed by atoms with E-state index in [0.29, 0.717) is 17.9 Å². The molecule has 0 fully saturated rings. The first-order valence-electron chi connectivity index (χ1n) is 10.6. The van der Waals surface area contributed by atoms with Gasteiger partial charge in [0, 0.05) is 24.4 Å². The first kappa shape index (κ1) is 22.0. The summed E-state index contributed by atoms with van der Waals surface area (Å²) in [5.74, 6) is 2.16. The minimum Gasteiger partial charge on any atom is -0.382 e. The number of nitrogens with zero attached hydrogens (tertiary/aromatic N) is 7. The monoisotopic (exact) mass is 448 g/mol. The molecule has 2 N–H and O–H groups in total. The maximum absolute atomic E-state index is 5.87. The Bertz CT molecular complexity index is 1220. The zero-order valence-electron chi connectivity index (χ0n) is 18.7. The molecule has 9 heteroatoms. The Morgan fingerprint density at radius 2 is 1.88 bits per heavy atom. The van der Waals surface area contributed by atoms with Gasteiger partial charge in [-0.3, -0.25) is 4.57 Å². The second-order valence-corrected chi connectivity index (χ2v) is 9.67. The van der Waals surface area contributed by atoms with Gasteiger partial charge in [-0.1, -0.05) is 62.9 Å². The van der Waals surface area contributed by atoms with Crippen molar-refractivity contribution in [1.82, 2.24) is 34.3 Å². The van der Waals surface area contributed by atoms with Gasteiger partial charge in [-0.15, -0.1) is 16.8 Å². The minimum atomic E-state index is 0.118. The van der Waals surface area contributed by atoms with Gasteiger partial charge in [0.25, 0.3) is 0 Å². The molecule has 0 saturated heterocycles. The lowest BCUT2D eigenvalue weighted by atomic mass is 9.87. The van der Waals surface area contributed by atoms with E-state index in [-0.39, 0.29) is 5.41 Å². The third-order valence-corrected chi connectivity index (χ3v) is 6.29. The van der Waals surface area contributed by atoms with Crippen LogP contribution >= 0.6 is 11.8 Å². The zero-order valence-corrected chi connectivity index (χ0v) is 19.5. The van der Waals surface area contributed by atoms with Gasteiger partial charge in [0.15, 0.2) is 22.4 Å². The largest absolute Gasteiger partial charge is 0.382 e. The highest BCUT2D eigenvalue weighted by atomic mass is 32.2. The normalized spacial score (nSPS) is 11.8. The molecule has 0 aliphatic heterocycles. The second kappa shape index (κ2) is 9.12. The van der Waals surface area contributed by atoms with E-state index in [1.54, 1.807) is 18.1 Å². The molecule has 4 rings (SSSR count). The van der Waals surface area contributed by atoms with Crippen LogP contribution < -0.4 is 5.73 Å². The van der Waals surface area contributed by atoms with Crippen LogP contribution in [0.1, 0.15) is 32.8 Å². The van der Waals surface area contributed by atoms with E-state index in [1.807, 2.05) is 10.6 Å². The van der Waals surface area contributed by atoms with Gasteiger partial charge in [0.1, 0.15) is 11.8 Å². The Morgan fingerprint density at radius 1 is 1.09 bits per heavy atom. The third kappa shape index (κ3) is 4.52. The molecule has 32 heavy (non-hydrogen) atoms. The lowest BCUT2D eigenvalue weighted by molar-refractivity contribution is 0.590. The highest BCUT2D eigenvalue weighted by Crippen LogP contribution is 2.28. The van der Waals surface area contributed by atoms with Crippen molar-refractivity contribution in [1.29, 1.82) is 0 Å². The highest BCUT2D eigenvalue weighted by Gasteiger charge is 2.16. The topological polar surface area (TPSA) is 100 Å². The molecule has 166 valence electrons. The van der Waals surface area contributed by atoms with Crippen LogP contribution in [0.15, 0.2) is 54.7 Å². The Kier molecular flexibility index (Phi) is 6.27. The number of hydrogen-bond donors (Lipinski definition) is 1. The predicted molar refractivity (Wildman–Crippen MR) is 129 cm³/mol. The van der Waals surface area contributed by atoms with Crippen molar-refractivity contribution in [2.24, 2.45) is 0 Å². The molecular weight excluding hydrogens is 420 g/mol. The molecule has 0 unspecified atom stereocenters. The third-order valence-electron chi connectivity index (χ3n) is 5.24. The summed E-state index contributed by atoms with van der Waals surface area (Å²) in [5.41, 5.74) is 9.75. The van der Waals surface area contributed by atoms with Crippen molar-refractivity contribution in [3.8, 4) is 11.4 Å². The molecule has 0 spiro atoms. The number of allylic oxidation sites excluding steroid dienone is 1. The number of aromatic nitrogens is 7. The molecule has 0 atom stereocenters. The number of aryl methyl sites for hydroxylation is 1. The van der Waals surface area contributed by atoms with E-state index in [1.165, 1.54) is 11.9 Å². The van der Waals surface area contributed by atoms with Crippen molar-refractivity contribution in [2.45, 2.75) is 50.9 Å². The fourth-order valence-electron chi connectivity index (χ4n) is 3.48. The van der Waals surface area contributed by atoms with Gasteiger partial charge < -0.3 is 10.3 Å². The molecule has 0 radical (unpaired) electrons. The van der Waals surface area contributed by atoms with Crippen molar-refractivity contribution in [2.75, 3.05) is 11.5 Å². The SMILES string of the molecule is C=CCn1c(SCCCn2cnc3c(N)ncnc32)nnc1-c1ccc(C(C)(C)C)cc1. The Morgan fingerprint density at radius 3 is 2.59 bits per heavy atom. The number of thioether (sulfide) groups is 1. The number of fused-ring (bicyclic) bond motifs is 1. The van der Waals surface area contributed by atoms with E-state index in [2.05, 4.69) is 81.3 Å². The lowest BCUT2D eigenvalue weighted by Crippen LogP contribution is -2.10. The van der Waals surface area contributed by atoms with Gasteiger partial charge in [-0.2, -0.15) is 0 Å². The number of hydrogen-bond acceptors (Lipinski definition) is 7. The van der Waals surface area contributed by atoms with E-state index >= 15 is 0 Å². The maximum Gasteiger partial charge on any atom is 0.191 e. The van der Waals surface area contributed by atoms with E-state index in [9.17, 15) is 0 Å². The molecule has 0 aliphatic carbocycles. The highest BCUT2D eigenvalue weighted by molar-refractivity contribution is 7.99. The van der Waals surface area contributed by atoms with Crippen LogP contribution in [0.2, 0.25) is 0 Å². The summed E-state index contributed by atoms with van der Waals surface area (Å²) in [5, 5.41) is 9.82. The quantitative estimate of drug-likeness (QED) is 0.243. The average Bonchev–Trinajstić information content (AvgIpc) is 3.36. The molecule has 1 aromatic carbocycles. The van der Waals surface area contributed by atoms with E-state index < -0.39 is 0 Å². The number of benzene rings is 1. The first-order chi connectivity index (χ1) is 15.4. The molecule has 0 bridgehead atoms. The van der Waals surface area contributed by atoms with Crippen LogP contribution in [0.4, 0.5) is 5.82 Å². The van der Waals surface area contributed by atoms with Gasteiger partial charge in [0.2, 0.25) is 0 Å². The minimum absolute atomic E-state index is 0.118. The van der Waals surface area contributed by atoms with Crippen molar-refractivity contribution in [3.05, 3.63) is 55.1 Å².